The van der Waals surface area contributed by atoms with Gasteiger partial charge in [-0.05, 0) is 29.8 Å². The van der Waals surface area contributed by atoms with Crippen molar-refractivity contribution in [2.24, 2.45) is 0 Å². The third kappa shape index (κ3) is 4.72. The molecule has 0 radical (unpaired) electrons. The second kappa shape index (κ2) is 8.01. The highest BCUT2D eigenvalue weighted by Crippen LogP contribution is 2.31. The first-order valence-electron chi connectivity index (χ1n) is 7.63. The molecule has 0 unspecified atom stereocenters. The van der Waals surface area contributed by atoms with Gasteiger partial charge in [-0.15, -0.1) is 0 Å². The van der Waals surface area contributed by atoms with Gasteiger partial charge in [0.05, 0.1) is 34.0 Å². The number of amides is 1. The summed E-state index contributed by atoms with van der Waals surface area (Å²) in [5, 5.41) is 6.82. The second-order valence-electron chi connectivity index (χ2n) is 5.37. The van der Waals surface area contributed by atoms with E-state index >= 15 is 0 Å². The normalized spacial score (nSPS) is 10.3. The molecule has 2 N–H and O–H groups in total. The molecule has 1 aromatic heterocycles. The first-order valence-corrected chi connectivity index (χ1v) is 8.38. The minimum atomic E-state index is -0.0911. The lowest BCUT2D eigenvalue weighted by Crippen LogP contribution is -2.14. The number of carbonyl (C=O) groups is 1. The van der Waals surface area contributed by atoms with E-state index in [9.17, 15) is 4.79 Å². The molecule has 4 nitrogen and oxygen atoms in total. The van der Waals surface area contributed by atoms with Crippen molar-refractivity contribution in [3.8, 4) is 0 Å². The molecule has 25 heavy (non-hydrogen) atoms. The maximum absolute atomic E-state index is 12.1. The SMILES string of the molecule is O=C(Cc1ccccc1)Nc1ccc(Nc2cccc(Cl)c2Cl)nc1. The number of nitrogens with zero attached hydrogens (tertiary/aromatic N) is 1. The number of benzene rings is 2. The van der Waals surface area contributed by atoms with Crippen molar-refractivity contribution in [2.75, 3.05) is 10.6 Å². The molecule has 0 saturated carbocycles. The van der Waals surface area contributed by atoms with Gasteiger partial charge in [-0.3, -0.25) is 4.79 Å². The summed E-state index contributed by atoms with van der Waals surface area (Å²) >= 11 is 12.1. The predicted molar refractivity (Wildman–Crippen MR) is 103 cm³/mol. The fraction of sp³-hybridized carbons (Fsp3) is 0.0526. The van der Waals surface area contributed by atoms with Crippen molar-refractivity contribution in [1.29, 1.82) is 0 Å². The highest BCUT2D eigenvalue weighted by atomic mass is 35.5. The summed E-state index contributed by atoms with van der Waals surface area (Å²) in [5.41, 5.74) is 2.26. The molecular formula is C19H15Cl2N3O. The Morgan fingerprint density at radius 1 is 0.960 bits per heavy atom. The van der Waals surface area contributed by atoms with E-state index < -0.39 is 0 Å². The van der Waals surface area contributed by atoms with Gasteiger partial charge in [0.25, 0.3) is 0 Å². The number of anilines is 3. The van der Waals surface area contributed by atoms with E-state index in [4.69, 9.17) is 23.2 Å². The summed E-state index contributed by atoms with van der Waals surface area (Å²) in [4.78, 5) is 16.3. The average Bonchev–Trinajstić information content (AvgIpc) is 2.61. The Hall–Kier alpha value is -2.56. The van der Waals surface area contributed by atoms with Crippen LogP contribution in [0, 0.1) is 0 Å². The zero-order valence-corrected chi connectivity index (χ0v) is 14.7. The third-order valence-electron chi connectivity index (χ3n) is 3.47. The van der Waals surface area contributed by atoms with Crippen LogP contribution in [0.15, 0.2) is 66.9 Å². The van der Waals surface area contributed by atoms with Crippen LogP contribution in [0.4, 0.5) is 17.2 Å². The number of hydrogen-bond acceptors (Lipinski definition) is 3. The molecule has 1 amide bonds. The summed E-state index contributed by atoms with van der Waals surface area (Å²) in [7, 11) is 0. The minimum absolute atomic E-state index is 0.0911. The molecule has 6 heteroatoms. The largest absolute Gasteiger partial charge is 0.339 e. The van der Waals surface area contributed by atoms with Crippen molar-refractivity contribution >= 4 is 46.3 Å². The molecule has 0 spiro atoms. The number of nitrogens with one attached hydrogen (secondary N) is 2. The van der Waals surface area contributed by atoms with Crippen LogP contribution in [0.1, 0.15) is 5.56 Å². The van der Waals surface area contributed by atoms with Gasteiger partial charge in [-0.25, -0.2) is 4.98 Å². The molecule has 3 aromatic rings. The lowest BCUT2D eigenvalue weighted by Gasteiger charge is -2.10. The summed E-state index contributed by atoms with van der Waals surface area (Å²) in [5.74, 6) is 0.511. The van der Waals surface area contributed by atoms with Crippen LogP contribution >= 0.6 is 23.2 Å². The minimum Gasteiger partial charge on any atom is -0.339 e. The Kier molecular flexibility index (Phi) is 5.53. The van der Waals surface area contributed by atoms with Gasteiger partial charge >= 0.3 is 0 Å². The Labute approximate surface area is 155 Å². The van der Waals surface area contributed by atoms with Crippen molar-refractivity contribution in [3.05, 3.63) is 82.5 Å². The van der Waals surface area contributed by atoms with Gasteiger partial charge in [0.1, 0.15) is 5.82 Å². The van der Waals surface area contributed by atoms with Crippen molar-refractivity contribution in [2.45, 2.75) is 6.42 Å². The smallest absolute Gasteiger partial charge is 0.228 e. The van der Waals surface area contributed by atoms with Crippen molar-refractivity contribution in [1.82, 2.24) is 4.98 Å². The Balaban J connectivity index is 1.62. The van der Waals surface area contributed by atoms with Gasteiger partial charge in [-0.1, -0.05) is 59.6 Å². The molecule has 0 aliphatic heterocycles. The van der Waals surface area contributed by atoms with Crippen LogP contribution in [-0.4, -0.2) is 10.9 Å². The van der Waals surface area contributed by atoms with E-state index in [0.717, 1.165) is 5.56 Å². The van der Waals surface area contributed by atoms with Crippen molar-refractivity contribution in [3.63, 3.8) is 0 Å². The van der Waals surface area contributed by atoms with Gasteiger partial charge in [0.2, 0.25) is 5.91 Å². The molecule has 0 aliphatic rings. The van der Waals surface area contributed by atoms with Crippen LogP contribution in [0.25, 0.3) is 0 Å². The van der Waals surface area contributed by atoms with Gasteiger partial charge < -0.3 is 10.6 Å². The predicted octanol–water partition coefficient (Wildman–Crippen LogP) is 5.31. The maximum Gasteiger partial charge on any atom is 0.228 e. The third-order valence-corrected chi connectivity index (χ3v) is 4.29. The van der Waals surface area contributed by atoms with Crippen LogP contribution in [-0.2, 0) is 11.2 Å². The maximum atomic E-state index is 12.1. The van der Waals surface area contributed by atoms with Crippen molar-refractivity contribution < 1.29 is 4.79 Å². The Bertz CT molecular complexity index is 868. The van der Waals surface area contributed by atoms with Gasteiger partial charge in [0.15, 0.2) is 0 Å². The van der Waals surface area contributed by atoms with Crippen LogP contribution in [0.5, 0.6) is 0 Å². The lowest BCUT2D eigenvalue weighted by atomic mass is 10.1. The summed E-state index contributed by atoms with van der Waals surface area (Å²) in [6.07, 6.45) is 1.91. The van der Waals surface area contributed by atoms with E-state index in [2.05, 4.69) is 15.6 Å². The number of halogens is 2. The van der Waals surface area contributed by atoms with Gasteiger partial charge in [-0.2, -0.15) is 0 Å². The van der Waals surface area contributed by atoms with E-state index in [1.807, 2.05) is 36.4 Å². The van der Waals surface area contributed by atoms with Crippen LogP contribution in [0.2, 0.25) is 10.0 Å². The molecular weight excluding hydrogens is 357 g/mol. The first kappa shape index (κ1) is 17.3. The quantitative estimate of drug-likeness (QED) is 0.638. The van der Waals surface area contributed by atoms with Crippen LogP contribution < -0.4 is 10.6 Å². The van der Waals surface area contributed by atoms with Crippen LogP contribution in [0.3, 0.4) is 0 Å². The first-order chi connectivity index (χ1) is 12.1. The molecule has 3 rings (SSSR count). The number of aromatic nitrogens is 1. The second-order valence-corrected chi connectivity index (χ2v) is 6.15. The number of pyridine rings is 1. The van der Waals surface area contributed by atoms with E-state index in [-0.39, 0.29) is 5.91 Å². The van der Waals surface area contributed by atoms with Gasteiger partial charge in [0, 0.05) is 0 Å². The molecule has 0 atom stereocenters. The summed E-state index contributed by atoms with van der Waals surface area (Å²) < 4.78 is 0. The standard InChI is InChI=1S/C19H15Cl2N3O/c20-15-7-4-8-16(19(15)21)24-17-10-9-14(12-22-17)23-18(25)11-13-5-2-1-3-6-13/h1-10,12H,11H2,(H,22,24)(H,23,25). The van der Waals surface area contributed by atoms with E-state index in [1.165, 1.54) is 0 Å². The lowest BCUT2D eigenvalue weighted by molar-refractivity contribution is -0.115. The topological polar surface area (TPSA) is 54.0 Å². The molecule has 0 fully saturated rings. The van der Waals surface area contributed by atoms with E-state index in [0.29, 0.717) is 33.7 Å². The highest BCUT2D eigenvalue weighted by molar-refractivity contribution is 6.43. The molecule has 0 bridgehead atoms. The molecule has 0 aliphatic carbocycles. The number of hydrogen-bond donors (Lipinski definition) is 2. The zero-order chi connectivity index (χ0) is 17.6. The Morgan fingerprint density at radius 2 is 1.76 bits per heavy atom. The molecule has 0 saturated heterocycles. The number of carbonyl (C=O) groups excluding carboxylic acids is 1. The molecule has 1 heterocycles. The summed E-state index contributed by atoms with van der Waals surface area (Å²) in [6.45, 7) is 0. The fourth-order valence-corrected chi connectivity index (χ4v) is 2.61. The van der Waals surface area contributed by atoms with E-state index in [1.54, 1.807) is 30.5 Å². The fourth-order valence-electron chi connectivity index (χ4n) is 2.27. The molecule has 2 aromatic carbocycles. The monoisotopic (exact) mass is 371 g/mol. The Morgan fingerprint density at radius 3 is 2.48 bits per heavy atom. The number of rotatable bonds is 5. The average molecular weight is 372 g/mol. The molecule has 126 valence electrons. The zero-order valence-electron chi connectivity index (χ0n) is 13.2. The highest BCUT2D eigenvalue weighted by Gasteiger charge is 2.07. The summed E-state index contributed by atoms with van der Waals surface area (Å²) in [6, 6.07) is 18.4.